The van der Waals surface area contributed by atoms with Gasteiger partial charge in [-0.3, -0.25) is 0 Å². The molecule has 0 aliphatic carbocycles. The van der Waals surface area contributed by atoms with Gasteiger partial charge in [-0.2, -0.15) is 0 Å². The second-order valence-electron chi connectivity index (χ2n) is 5.27. The number of hydrogen-bond acceptors (Lipinski definition) is 3. The van der Waals surface area contributed by atoms with E-state index in [2.05, 4.69) is 26.1 Å². The molecule has 0 aromatic heterocycles. The van der Waals surface area contributed by atoms with E-state index in [9.17, 15) is 10.2 Å². The van der Waals surface area contributed by atoms with Gasteiger partial charge in [0, 0.05) is 30.2 Å². The molecule has 0 aliphatic heterocycles. The molecule has 19 heavy (non-hydrogen) atoms. The van der Waals surface area contributed by atoms with Crippen molar-refractivity contribution in [2.45, 2.75) is 46.1 Å². The van der Waals surface area contributed by atoms with Gasteiger partial charge in [0.25, 0.3) is 0 Å². The molecule has 0 radical (unpaired) electrons. The van der Waals surface area contributed by atoms with Crippen LogP contribution in [0.15, 0.2) is 24.3 Å². The van der Waals surface area contributed by atoms with Gasteiger partial charge < -0.3 is 15.5 Å². The highest BCUT2D eigenvalue weighted by Gasteiger charge is 2.26. The van der Waals surface area contributed by atoms with Crippen LogP contribution in [-0.4, -0.2) is 23.4 Å². The summed E-state index contributed by atoms with van der Waals surface area (Å²) in [4.78, 5) is 0. The fraction of sp³-hybridized carbons (Fsp3) is 0.625. The van der Waals surface area contributed by atoms with E-state index >= 15 is 0 Å². The van der Waals surface area contributed by atoms with E-state index in [1.54, 1.807) is 6.07 Å². The highest BCUT2D eigenvalue weighted by molar-refractivity contribution is 5.34. The van der Waals surface area contributed by atoms with E-state index in [-0.39, 0.29) is 18.1 Å². The third kappa shape index (κ3) is 3.95. The number of aliphatic hydroxyl groups excluding tert-OH is 1. The molecule has 0 spiro atoms. The van der Waals surface area contributed by atoms with Crippen LogP contribution in [0.25, 0.3) is 0 Å². The zero-order chi connectivity index (χ0) is 14.3. The van der Waals surface area contributed by atoms with Crippen LogP contribution in [0, 0.1) is 5.41 Å². The lowest BCUT2D eigenvalue weighted by atomic mass is 9.83. The maximum absolute atomic E-state index is 9.92. The predicted octanol–water partition coefficient (Wildman–Crippen LogP) is 3.23. The van der Waals surface area contributed by atoms with Crippen molar-refractivity contribution in [3.05, 3.63) is 29.8 Å². The first-order chi connectivity index (χ1) is 9.12. The summed E-state index contributed by atoms with van der Waals surface area (Å²) < 4.78 is 0. The average Bonchev–Trinajstić information content (AvgIpc) is 2.46. The smallest absolute Gasteiger partial charge is 0.120 e. The van der Waals surface area contributed by atoms with Crippen LogP contribution in [-0.2, 0) is 0 Å². The number of hydrogen-bond donors (Lipinski definition) is 3. The third-order valence-electron chi connectivity index (χ3n) is 4.28. The monoisotopic (exact) mass is 265 g/mol. The van der Waals surface area contributed by atoms with Crippen molar-refractivity contribution in [2.75, 3.05) is 13.2 Å². The summed E-state index contributed by atoms with van der Waals surface area (Å²) >= 11 is 0. The molecule has 3 nitrogen and oxygen atoms in total. The van der Waals surface area contributed by atoms with E-state index < -0.39 is 0 Å². The number of benzene rings is 1. The molecule has 0 saturated heterocycles. The lowest BCUT2D eigenvalue weighted by Gasteiger charge is -2.32. The molecule has 1 rings (SSSR count). The maximum Gasteiger partial charge on any atom is 0.120 e. The molecule has 1 aromatic carbocycles. The first kappa shape index (κ1) is 16.0. The van der Waals surface area contributed by atoms with Gasteiger partial charge in [-0.15, -0.1) is 0 Å². The molecule has 1 atom stereocenters. The Morgan fingerprint density at radius 3 is 2.26 bits per heavy atom. The zero-order valence-electron chi connectivity index (χ0n) is 12.3. The van der Waals surface area contributed by atoms with E-state index in [1.807, 2.05) is 18.2 Å². The fourth-order valence-electron chi connectivity index (χ4n) is 2.38. The van der Waals surface area contributed by atoms with Crippen LogP contribution in [0.2, 0.25) is 0 Å². The summed E-state index contributed by atoms with van der Waals surface area (Å²) in [6.45, 7) is 7.29. The zero-order valence-corrected chi connectivity index (χ0v) is 12.3. The average molecular weight is 265 g/mol. The molecule has 0 amide bonds. The summed E-state index contributed by atoms with van der Waals surface area (Å²) in [5, 5.41) is 23.0. The normalized spacial score (nSPS) is 13.5. The minimum Gasteiger partial charge on any atom is -0.508 e. The number of aliphatic hydroxyl groups is 1. The number of rotatable bonds is 8. The Hall–Kier alpha value is -1.06. The first-order valence-electron chi connectivity index (χ1n) is 7.24. The fourth-order valence-corrected chi connectivity index (χ4v) is 2.38. The molecule has 1 aromatic rings. The molecule has 0 bridgehead atoms. The molecule has 1 unspecified atom stereocenters. The number of nitrogens with one attached hydrogen (secondary N) is 1. The van der Waals surface area contributed by atoms with E-state index in [0.717, 1.165) is 31.4 Å². The highest BCUT2D eigenvalue weighted by Crippen LogP contribution is 2.29. The minimum absolute atomic E-state index is 0.0577. The molecule has 3 heteroatoms. The molecule has 0 saturated carbocycles. The molecule has 3 N–H and O–H groups in total. The Kier molecular flexibility index (Phi) is 6.32. The van der Waals surface area contributed by atoms with Crippen molar-refractivity contribution < 1.29 is 10.2 Å². The van der Waals surface area contributed by atoms with Gasteiger partial charge in [0.15, 0.2) is 0 Å². The van der Waals surface area contributed by atoms with Crippen LogP contribution in [0.4, 0.5) is 0 Å². The molecule has 0 heterocycles. The van der Waals surface area contributed by atoms with Gasteiger partial charge in [0.1, 0.15) is 5.75 Å². The van der Waals surface area contributed by atoms with Gasteiger partial charge >= 0.3 is 0 Å². The van der Waals surface area contributed by atoms with Gasteiger partial charge in [0.2, 0.25) is 0 Å². The number of para-hydroxylation sites is 1. The summed E-state index contributed by atoms with van der Waals surface area (Å²) in [5.41, 5.74) is 0.877. The second-order valence-corrected chi connectivity index (χ2v) is 5.27. The van der Waals surface area contributed by atoms with Crippen LogP contribution < -0.4 is 5.32 Å². The summed E-state index contributed by atoms with van der Waals surface area (Å²) in [6.07, 6.45) is 2.81. The molecule has 108 valence electrons. The summed E-state index contributed by atoms with van der Waals surface area (Å²) in [7, 11) is 0. The standard InChI is InChI=1S/C16H27NO2/c1-4-14(13-9-7-8-10-15(13)19)17-11-16(5-2,6-3)12-18/h7-10,14,17-19H,4-6,11-12H2,1-3H3. The van der Waals surface area contributed by atoms with Gasteiger partial charge in [-0.25, -0.2) is 0 Å². The van der Waals surface area contributed by atoms with Crippen molar-refractivity contribution in [1.29, 1.82) is 0 Å². The minimum atomic E-state index is -0.0577. The summed E-state index contributed by atoms with van der Waals surface area (Å²) in [5.74, 6) is 0.337. The van der Waals surface area contributed by atoms with Crippen molar-refractivity contribution in [2.24, 2.45) is 5.41 Å². The Balaban J connectivity index is 2.76. The third-order valence-corrected chi connectivity index (χ3v) is 4.28. The number of phenolic OH excluding ortho intramolecular Hbond substituents is 1. The Morgan fingerprint density at radius 2 is 1.79 bits per heavy atom. The van der Waals surface area contributed by atoms with Crippen LogP contribution in [0.3, 0.4) is 0 Å². The van der Waals surface area contributed by atoms with Gasteiger partial charge in [0.05, 0.1) is 0 Å². The van der Waals surface area contributed by atoms with Crippen LogP contribution in [0.1, 0.15) is 51.6 Å². The molecule has 0 fully saturated rings. The Bertz CT molecular complexity index is 367. The van der Waals surface area contributed by atoms with Crippen molar-refractivity contribution in [1.82, 2.24) is 5.32 Å². The SMILES string of the molecule is CCC(NCC(CC)(CC)CO)c1ccccc1O. The van der Waals surface area contributed by atoms with Crippen molar-refractivity contribution >= 4 is 0 Å². The Morgan fingerprint density at radius 1 is 1.16 bits per heavy atom. The lowest BCUT2D eigenvalue weighted by molar-refractivity contribution is 0.109. The van der Waals surface area contributed by atoms with E-state index in [4.69, 9.17) is 0 Å². The van der Waals surface area contributed by atoms with E-state index in [1.165, 1.54) is 0 Å². The lowest BCUT2D eigenvalue weighted by Crippen LogP contribution is -2.38. The quantitative estimate of drug-likeness (QED) is 0.676. The molecule has 0 aliphatic rings. The second kappa shape index (κ2) is 7.51. The van der Waals surface area contributed by atoms with Gasteiger partial charge in [-0.1, -0.05) is 39.0 Å². The van der Waals surface area contributed by atoms with Crippen molar-refractivity contribution in [3.63, 3.8) is 0 Å². The highest BCUT2D eigenvalue weighted by atomic mass is 16.3. The maximum atomic E-state index is 9.92. The predicted molar refractivity (Wildman–Crippen MR) is 79.2 cm³/mol. The first-order valence-corrected chi connectivity index (χ1v) is 7.24. The van der Waals surface area contributed by atoms with Crippen molar-refractivity contribution in [3.8, 4) is 5.75 Å². The topological polar surface area (TPSA) is 52.5 Å². The van der Waals surface area contributed by atoms with E-state index in [0.29, 0.717) is 5.75 Å². The molecular formula is C16H27NO2. The summed E-state index contributed by atoms with van der Waals surface area (Å²) in [6, 6.07) is 7.58. The Labute approximate surface area is 116 Å². The number of aromatic hydroxyl groups is 1. The number of phenols is 1. The van der Waals surface area contributed by atoms with Crippen LogP contribution >= 0.6 is 0 Å². The van der Waals surface area contributed by atoms with Gasteiger partial charge in [-0.05, 0) is 25.3 Å². The molecular weight excluding hydrogens is 238 g/mol. The van der Waals surface area contributed by atoms with Crippen LogP contribution in [0.5, 0.6) is 5.75 Å². The largest absolute Gasteiger partial charge is 0.508 e.